The fourth-order valence-corrected chi connectivity index (χ4v) is 3.84. The van der Waals surface area contributed by atoms with Gasteiger partial charge in [-0.15, -0.1) is 0 Å². The first-order valence-electron chi connectivity index (χ1n) is 7.21. The number of halogens is 2. The Morgan fingerprint density at radius 3 is 2.50 bits per heavy atom. The second kappa shape index (κ2) is 6.44. The normalized spacial score (nSPS) is 19.2. The van der Waals surface area contributed by atoms with Crippen LogP contribution in [-0.4, -0.2) is 17.5 Å². The van der Waals surface area contributed by atoms with E-state index in [0.717, 1.165) is 6.54 Å². The number of hydrogen-bond acceptors (Lipinski definition) is 2. The predicted octanol–water partition coefficient (Wildman–Crippen LogP) is 4.60. The van der Waals surface area contributed by atoms with Crippen LogP contribution in [0.25, 0.3) is 0 Å². The summed E-state index contributed by atoms with van der Waals surface area (Å²) in [5.74, 6) is -0.663. The molecule has 1 nitrogen and oxygen atoms in total. The van der Waals surface area contributed by atoms with Gasteiger partial charge in [-0.25, -0.2) is 8.78 Å². The molecule has 0 amide bonds. The van der Waals surface area contributed by atoms with Crippen LogP contribution >= 0.6 is 11.8 Å². The van der Waals surface area contributed by atoms with Crippen molar-refractivity contribution in [1.82, 2.24) is 5.32 Å². The van der Waals surface area contributed by atoms with Gasteiger partial charge in [-0.2, -0.15) is 11.8 Å². The fourth-order valence-electron chi connectivity index (χ4n) is 2.91. The molecule has 0 saturated heterocycles. The molecule has 1 aromatic rings. The van der Waals surface area contributed by atoms with Gasteiger partial charge in [0.2, 0.25) is 0 Å². The predicted molar refractivity (Wildman–Crippen MR) is 82.2 cm³/mol. The lowest BCUT2D eigenvalue weighted by Crippen LogP contribution is -2.36. The minimum Gasteiger partial charge on any atom is -0.309 e. The maximum absolute atomic E-state index is 13.9. The van der Waals surface area contributed by atoms with Gasteiger partial charge in [0.25, 0.3) is 0 Å². The van der Waals surface area contributed by atoms with Crippen LogP contribution in [0.1, 0.15) is 49.8 Å². The van der Waals surface area contributed by atoms with Crippen molar-refractivity contribution in [2.45, 2.75) is 50.3 Å². The number of rotatable bonds is 5. The molecule has 0 aliphatic heterocycles. The van der Waals surface area contributed by atoms with E-state index < -0.39 is 0 Å². The third-order valence-corrected chi connectivity index (χ3v) is 5.84. The van der Waals surface area contributed by atoms with Crippen LogP contribution in [0, 0.1) is 18.6 Å². The molecule has 1 aliphatic carbocycles. The molecule has 20 heavy (non-hydrogen) atoms. The van der Waals surface area contributed by atoms with Gasteiger partial charge in [0.1, 0.15) is 11.6 Å². The Kier molecular flexibility index (Phi) is 5.08. The molecule has 1 fully saturated rings. The second-order valence-electron chi connectivity index (χ2n) is 5.82. The molecule has 112 valence electrons. The van der Waals surface area contributed by atoms with Crippen LogP contribution < -0.4 is 5.32 Å². The molecule has 0 heterocycles. The van der Waals surface area contributed by atoms with Gasteiger partial charge in [0, 0.05) is 22.9 Å². The van der Waals surface area contributed by atoms with Gasteiger partial charge in [0.15, 0.2) is 0 Å². The van der Waals surface area contributed by atoms with Crippen LogP contribution in [0.3, 0.4) is 0 Å². The van der Waals surface area contributed by atoms with Crippen LogP contribution in [-0.2, 0) is 0 Å². The highest BCUT2D eigenvalue weighted by molar-refractivity contribution is 8.00. The van der Waals surface area contributed by atoms with E-state index in [1.54, 1.807) is 6.92 Å². The van der Waals surface area contributed by atoms with Crippen molar-refractivity contribution in [3.05, 3.63) is 34.9 Å². The van der Waals surface area contributed by atoms with Crippen molar-refractivity contribution in [1.29, 1.82) is 0 Å². The SMILES string of the molecule is CSC1(CNC(C)c2cc(F)c(C)cc2F)CCCC1. The summed E-state index contributed by atoms with van der Waals surface area (Å²) in [6, 6.07) is 2.43. The summed E-state index contributed by atoms with van der Waals surface area (Å²) < 4.78 is 27.8. The van der Waals surface area contributed by atoms with Crippen molar-refractivity contribution in [2.24, 2.45) is 0 Å². The maximum Gasteiger partial charge on any atom is 0.128 e. The Balaban J connectivity index is 2.05. The van der Waals surface area contributed by atoms with Crippen molar-refractivity contribution < 1.29 is 8.78 Å². The zero-order chi connectivity index (χ0) is 14.8. The third kappa shape index (κ3) is 3.34. The Morgan fingerprint density at radius 2 is 1.90 bits per heavy atom. The lowest BCUT2D eigenvalue weighted by atomic mass is 10.0. The minimum atomic E-state index is -0.338. The van der Waals surface area contributed by atoms with Crippen LogP contribution in [0.2, 0.25) is 0 Å². The molecule has 1 aliphatic rings. The van der Waals surface area contributed by atoms with Crippen LogP contribution in [0.4, 0.5) is 8.78 Å². The topological polar surface area (TPSA) is 12.0 Å². The smallest absolute Gasteiger partial charge is 0.128 e. The Hall–Kier alpha value is -0.610. The van der Waals surface area contributed by atoms with Crippen molar-refractivity contribution in [3.8, 4) is 0 Å². The summed E-state index contributed by atoms with van der Waals surface area (Å²) in [4.78, 5) is 0. The summed E-state index contributed by atoms with van der Waals surface area (Å²) in [7, 11) is 0. The first-order chi connectivity index (χ1) is 9.47. The largest absolute Gasteiger partial charge is 0.309 e. The molecule has 0 spiro atoms. The molecule has 1 unspecified atom stereocenters. The maximum atomic E-state index is 13.9. The minimum absolute atomic E-state index is 0.172. The van der Waals surface area contributed by atoms with E-state index >= 15 is 0 Å². The van der Waals surface area contributed by atoms with Gasteiger partial charge >= 0.3 is 0 Å². The number of aryl methyl sites for hydroxylation is 1. The zero-order valence-corrected chi connectivity index (χ0v) is 13.2. The first-order valence-corrected chi connectivity index (χ1v) is 8.44. The molecule has 1 atom stereocenters. The molecular weight excluding hydrogens is 276 g/mol. The fraction of sp³-hybridized carbons (Fsp3) is 0.625. The van der Waals surface area contributed by atoms with E-state index in [1.165, 1.54) is 37.8 Å². The van der Waals surface area contributed by atoms with E-state index in [4.69, 9.17) is 0 Å². The quantitative estimate of drug-likeness (QED) is 0.853. The summed E-state index contributed by atoms with van der Waals surface area (Å²) >= 11 is 1.90. The molecule has 1 aromatic carbocycles. The van der Waals surface area contributed by atoms with Gasteiger partial charge in [-0.1, -0.05) is 12.8 Å². The standard InChI is InChI=1S/C16H23F2NS/c1-11-8-15(18)13(9-14(11)17)12(2)19-10-16(20-3)6-4-5-7-16/h8-9,12,19H,4-7,10H2,1-3H3. The Labute approximate surface area is 124 Å². The summed E-state index contributed by atoms with van der Waals surface area (Å²) in [5.41, 5.74) is 0.775. The van der Waals surface area contributed by atoms with Crippen molar-refractivity contribution >= 4 is 11.8 Å². The molecule has 4 heteroatoms. The van der Waals surface area contributed by atoms with Gasteiger partial charge < -0.3 is 5.32 Å². The van der Waals surface area contributed by atoms with Gasteiger partial charge in [0.05, 0.1) is 0 Å². The molecule has 0 bridgehead atoms. The second-order valence-corrected chi connectivity index (χ2v) is 7.09. The number of nitrogens with one attached hydrogen (secondary N) is 1. The Bertz CT molecular complexity index is 470. The number of thioether (sulfide) groups is 1. The monoisotopic (exact) mass is 299 g/mol. The Morgan fingerprint density at radius 1 is 1.25 bits per heavy atom. The van der Waals surface area contributed by atoms with E-state index in [0.29, 0.717) is 11.1 Å². The highest BCUT2D eigenvalue weighted by Crippen LogP contribution is 2.40. The molecular formula is C16H23F2NS. The van der Waals surface area contributed by atoms with E-state index in [1.807, 2.05) is 18.7 Å². The summed E-state index contributed by atoms with van der Waals surface area (Å²) in [6.07, 6.45) is 7.09. The van der Waals surface area contributed by atoms with Gasteiger partial charge in [-0.3, -0.25) is 0 Å². The number of benzene rings is 1. The molecule has 1 N–H and O–H groups in total. The molecule has 1 saturated carbocycles. The van der Waals surface area contributed by atoms with E-state index in [2.05, 4.69) is 11.6 Å². The third-order valence-electron chi connectivity index (χ3n) is 4.42. The first kappa shape index (κ1) is 15.8. The highest BCUT2D eigenvalue weighted by atomic mass is 32.2. The summed E-state index contributed by atoms with van der Waals surface area (Å²) in [6.45, 7) is 4.34. The van der Waals surface area contributed by atoms with Crippen LogP contribution in [0.5, 0.6) is 0 Å². The van der Waals surface area contributed by atoms with E-state index in [9.17, 15) is 8.78 Å². The number of hydrogen-bond donors (Lipinski definition) is 1. The molecule has 0 radical (unpaired) electrons. The lowest BCUT2D eigenvalue weighted by molar-refractivity contribution is 0.468. The van der Waals surface area contributed by atoms with Crippen molar-refractivity contribution in [2.75, 3.05) is 12.8 Å². The lowest BCUT2D eigenvalue weighted by Gasteiger charge is -2.29. The highest BCUT2D eigenvalue weighted by Gasteiger charge is 2.33. The average molecular weight is 299 g/mol. The van der Waals surface area contributed by atoms with Crippen molar-refractivity contribution in [3.63, 3.8) is 0 Å². The van der Waals surface area contributed by atoms with Crippen LogP contribution in [0.15, 0.2) is 12.1 Å². The zero-order valence-electron chi connectivity index (χ0n) is 12.4. The van der Waals surface area contributed by atoms with E-state index in [-0.39, 0.29) is 22.4 Å². The average Bonchev–Trinajstić information content (AvgIpc) is 2.90. The summed E-state index contributed by atoms with van der Waals surface area (Å²) in [5, 5.41) is 3.39. The molecule has 2 rings (SSSR count). The van der Waals surface area contributed by atoms with Gasteiger partial charge in [-0.05, 0) is 50.6 Å². The molecule has 0 aromatic heterocycles.